The van der Waals surface area contributed by atoms with Crippen LogP contribution in [0, 0.1) is 6.92 Å². The topological polar surface area (TPSA) is 39.4 Å². The minimum absolute atomic E-state index is 0.215. The highest BCUT2D eigenvalue weighted by Crippen LogP contribution is 2.28. The van der Waals surface area contributed by atoms with Crippen LogP contribution >= 0.6 is 11.6 Å². The lowest BCUT2D eigenvalue weighted by Crippen LogP contribution is -2.07. The van der Waals surface area contributed by atoms with Crippen LogP contribution < -0.4 is 0 Å². The Balaban J connectivity index is 2.41. The predicted octanol–water partition coefficient (Wildman–Crippen LogP) is 3.50. The van der Waals surface area contributed by atoms with Crippen LogP contribution in [0.4, 0.5) is 0 Å². The molecule has 3 nitrogen and oxygen atoms in total. The fraction of sp³-hybridized carbons (Fsp3) is 0.308. The molecule has 90 valence electrons. The van der Waals surface area contributed by atoms with Crippen LogP contribution in [0.1, 0.15) is 18.2 Å². The number of esters is 1. The molecule has 0 atom stereocenters. The summed E-state index contributed by atoms with van der Waals surface area (Å²) in [6, 6.07) is 5.38. The van der Waals surface area contributed by atoms with Gasteiger partial charge < -0.3 is 9.15 Å². The van der Waals surface area contributed by atoms with Crippen LogP contribution in [0.5, 0.6) is 0 Å². The van der Waals surface area contributed by atoms with Gasteiger partial charge >= 0.3 is 5.97 Å². The third kappa shape index (κ3) is 2.44. The van der Waals surface area contributed by atoms with Gasteiger partial charge in [-0.05, 0) is 32.0 Å². The van der Waals surface area contributed by atoms with Crippen LogP contribution in [-0.2, 0) is 16.0 Å². The van der Waals surface area contributed by atoms with Gasteiger partial charge in [0.1, 0.15) is 11.3 Å². The van der Waals surface area contributed by atoms with Crippen molar-refractivity contribution in [2.45, 2.75) is 20.3 Å². The highest BCUT2D eigenvalue weighted by molar-refractivity contribution is 6.31. The lowest BCUT2D eigenvalue weighted by atomic mass is 10.1. The van der Waals surface area contributed by atoms with Gasteiger partial charge in [0.2, 0.25) is 0 Å². The molecular weight excluding hydrogens is 240 g/mol. The molecule has 0 aliphatic carbocycles. The molecule has 0 saturated carbocycles. The number of aryl methyl sites for hydroxylation is 1. The molecule has 0 aliphatic rings. The molecule has 0 N–H and O–H groups in total. The van der Waals surface area contributed by atoms with E-state index in [1.807, 2.05) is 13.0 Å². The van der Waals surface area contributed by atoms with Gasteiger partial charge in [-0.25, -0.2) is 0 Å². The number of ether oxygens (including phenoxy) is 1. The maximum Gasteiger partial charge on any atom is 0.310 e. The summed E-state index contributed by atoms with van der Waals surface area (Å²) in [4.78, 5) is 11.5. The van der Waals surface area contributed by atoms with Gasteiger partial charge in [0.25, 0.3) is 0 Å². The van der Waals surface area contributed by atoms with Gasteiger partial charge in [-0.2, -0.15) is 0 Å². The Morgan fingerprint density at radius 2 is 2.24 bits per heavy atom. The fourth-order valence-electron chi connectivity index (χ4n) is 1.82. The number of hydrogen-bond acceptors (Lipinski definition) is 3. The Bertz CT molecular complexity index is 557. The van der Waals surface area contributed by atoms with Crippen molar-refractivity contribution in [3.63, 3.8) is 0 Å². The summed E-state index contributed by atoms with van der Waals surface area (Å²) >= 11 is 5.94. The second kappa shape index (κ2) is 4.80. The monoisotopic (exact) mass is 252 g/mol. The molecule has 0 aliphatic heterocycles. The maximum atomic E-state index is 11.5. The van der Waals surface area contributed by atoms with Gasteiger partial charge in [-0.1, -0.05) is 11.6 Å². The fourth-order valence-corrected chi connectivity index (χ4v) is 1.99. The smallest absolute Gasteiger partial charge is 0.310 e. The molecule has 0 amide bonds. The summed E-state index contributed by atoms with van der Waals surface area (Å²) in [5.74, 6) is 0.480. The summed E-state index contributed by atoms with van der Waals surface area (Å²) in [6.07, 6.45) is 0.215. The predicted molar refractivity (Wildman–Crippen MR) is 66.3 cm³/mol. The van der Waals surface area contributed by atoms with Crippen LogP contribution in [0.2, 0.25) is 5.02 Å². The van der Waals surface area contributed by atoms with Crippen LogP contribution in [0.25, 0.3) is 11.0 Å². The molecule has 0 radical (unpaired) electrons. The molecule has 0 saturated heterocycles. The van der Waals surface area contributed by atoms with E-state index in [9.17, 15) is 4.79 Å². The van der Waals surface area contributed by atoms with E-state index in [1.165, 1.54) is 0 Å². The number of furan rings is 1. The summed E-state index contributed by atoms with van der Waals surface area (Å²) < 4.78 is 10.5. The van der Waals surface area contributed by atoms with E-state index in [0.29, 0.717) is 11.6 Å². The van der Waals surface area contributed by atoms with Crippen LogP contribution in [-0.4, -0.2) is 12.6 Å². The summed E-state index contributed by atoms with van der Waals surface area (Å²) in [6.45, 7) is 4.01. The molecule has 17 heavy (non-hydrogen) atoms. The Labute approximate surface area is 104 Å². The van der Waals surface area contributed by atoms with Crippen molar-refractivity contribution < 1.29 is 13.9 Å². The number of benzene rings is 1. The largest absolute Gasteiger partial charge is 0.466 e. The molecule has 1 aromatic carbocycles. The van der Waals surface area contributed by atoms with Gasteiger partial charge in [-0.3, -0.25) is 4.79 Å². The van der Waals surface area contributed by atoms with Crippen molar-refractivity contribution in [1.82, 2.24) is 0 Å². The number of carbonyl (C=O) groups excluding carboxylic acids is 1. The molecule has 2 aromatic rings. The second-order valence-corrected chi connectivity index (χ2v) is 4.20. The van der Waals surface area contributed by atoms with Crippen molar-refractivity contribution in [1.29, 1.82) is 0 Å². The van der Waals surface area contributed by atoms with Crippen LogP contribution in [0.3, 0.4) is 0 Å². The molecule has 1 heterocycles. The SMILES string of the molecule is CCOC(=O)Cc1c(C)oc2ccc(Cl)cc12. The third-order valence-corrected chi connectivity index (χ3v) is 2.82. The highest BCUT2D eigenvalue weighted by Gasteiger charge is 2.15. The number of carbonyl (C=O) groups is 1. The molecule has 0 unspecified atom stereocenters. The average molecular weight is 253 g/mol. The Hall–Kier alpha value is -1.48. The minimum Gasteiger partial charge on any atom is -0.466 e. The first-order chi connectivity index (χ1) is 8.11. The third-order valence-electron chi connectivity index (χ3n) is 2.58. The second-order valence-electron chi connectivity index (χ2n) is 3.76. The van der Waals surface area contributed by atoms with E-state index in [1.54, 1.807) is 19.1 Å². The number of rotatable bonds is 3. The summed E-state index contributed by atoms with van der Waals surface area (Å²) in [5.41, 5.74) is 1.59. The number of fused-ring (bicyclic) bond motifs is 1. The first-order valence-corrected chi connectivity index (χ1v) is 5.82. The van der Waals surface area contributed by atoms with E-state index in [-0.39, 0.29) is 12.4 Å². The quantitative estimate of drug-likeness (QED) is 0.785. The molecular formula is C13H13ClO3. The Morgan fingerprint density at radius 1 is 1.47 bits per heavy atom. The number of halogens is 1. The van der Waals surface area contributed by atoms with Crippen molar-refractivity contribution in [3.8, 4) is 0 Å². The zero-order chi connectivity index (χ0) is 12.4. The van der Waals surface area contributed by atoms with E-state index in [0.717, 1.165) is 22.3 Å². The van der Waals surface area contributed by atoms with E-state index in [4.69, 9.17) is 20.8 Å². The Kier molecular flexibility index (Phi) is 3.38. The Morgan fingerprint density at radius 3 is 2.94 bits per heavy atom. The molecule has 1 aromatic heterocycles. The van der Waals surface area contributed by atoms with Gasteiger partial charge in [-0.15, -0.1) is 0 Å². The van der Waals surface area contributed by atoms with Crippen molar-refractivity contribution in [3.05, 3.63) is 34.5 Å². The van der Waals surface area contributed by atoms with Gasteiger partial charge in [0, 0.05) is 16.0 Å². The molecule has 2 rings (SSSR count). The minimum atomic E-state index is -0.252. The van der Waals surface area contributed by atoms with Crippen molar-refractivity contribution in [2.75, 3.05) is 6.61 Å². The normalized spacial score (nSPS) is 10.8. The highest BCUT2D eigenvalue weighted by atomic mass is 35.5. The average Bonchev–Trinajstić information content (AvgIpc) is 2.56. The molecule has 0 fully saturated rings. The zero-order valence-corrected chi connectivity index (χ0v) is 10.5. The molecule has 0 bridgehead atoms. The summed E-state index contributed by atoms with van der Waals surface area (Å²) in [7, 11) is 0. The molecule has 4 heteroatoms. The lowest BCUT2D eigenvalue weighted by Gasteiger charge is -2.01. The molecule has 0 spiro atoms. The van der Waals surface area contributed by atoms with Crippen molar-refractivity contribution in [2.24, 2.45) is 0 Å². The zero-order valence-electron chi connectivity index (χ0n) is 9.75. The van der Waals surface area contributed by atoms with E-state index in [2.05, 4.69) is 0 Å². The van der Waals surface area contributed by atoms with E-state index < -0.39 is 0 Å². The van der Waals surface area contributed by atoms with Gasteiger partial charge in [0.05, 0.1) is 13.0 Å². The summed E-state index contributed by atoms with van der Waals surface area (Å²) in [5, 5.41) is 1.51. The first kappa shape index (κ1) is 12.0. The number of hydrogen-bond donors (Lipinski definition) is 0. The maximum absolute atomic E-state index is 11.5. The first-order valence-electron chi connectivity index (χ1n) is 5.45. The van der Waals surface area contributed by atoms with E-state index >= 15 is 0 Å². The standard InChI is InChI=1S/C13H13ClO3/c1-3-16-13(15)7-10-8(2)17-12-5-4-9(14)6-11(10)12/h4-6H,3,7H2,1-2H3. The van der Waals surface area contributed by atoms with Gasteiger partial charge in [0.15, 0.2) is 0 Å². The van der Waals surface area contributed by atoms with Crippen LogP contribution in [0.15, 0.2) is 22.6 Å². The lowest BCUT2D eigenvalue weighted by molar-refractivity contribution is -0.142. The van der Waals surface area contributed by atoms with Crippen molar-refractivity contribution >= 4 is 28.5 Å².